The second kappa shape index (κ2) is 9.94. The molecule has 0 spiro atoms. The predicted octanol–water partition coefficient (Wildman–Crippen LogP) is 1.87. The molecule has 2 atom stereocenters. The van der Waals surface area contributed by atoms with E-state index in [4.69, 9.17) is 9.84 Å². The van der Waals surface area contributed by atoms with Gasteiger partial charge in [0.05, 0.1) is 24.9 Å². The number of carboxylic acid groups (broad SMARTS) is 1. The summed E-state index contributed by atoms with van der Waals surface area (Å²) in [6, 6.07) is 9.33. The fraction of sp³-hybridized carbons (Fsp3) is 0.550. The number of ether oxygens (including phenoxy) is 1. The van der Waals surface area contributed by atoms with E-state index < -0.39 is 11.9 Å². The van der Waals surface area contributed by atoms with E-state index in [2.05, 4.69) is 0 Å². The van der Waals surface area contributed by atoms with E-state index in [9.17, 15) is 14.4 Å². The lowest BCUT2D eigenvalue weighted by Gasteiger charge is -2.34. The highest BCUT2D eigenvalue weighted by Crippen LogP contribution is 2.20. The number of para-hydroxylation sites is 1. The van der Waals surface area contributed by atoms with Crippen LogP contribution in [0.2, 0.25) is 0 Å². The highest BCUT2D eigenvalue weighted by Gasteiger charge is 2.31. The average Bonchev–Trinajstić information content (AvgIpc) is 2.68. The number of amides is 2. The lowest BCUT2D eigenvalue weighted by atomic mass is 9.96. The summed E-state index contributed by atoms with van der Waals surface area (Å²) in [5.74, 6) is -1.20. The van der Waals surface area contributed by atoms with Crippen LogP contribution in [0.4, 0.5) is 0 Å². The van der Waals surface area contributed by atoms with Crippen LogP contribution in [-0.4, -0.2) is 66.0 Å². The molecular formula is C20H28N2O5. The van der Waals surface area contributed by atoms with Gasteiger partial charge in [-0.3, -0.25) is 14.4 Å². The molecule has 7 nitrogen and oxygen atoms in total. The summed E-state index contributed by atoms with van der Waals surface area (Å²) >= 11 is 0. The van der Waals surface area contributed by atoms with Gasteiger partial charge in [-0.05, 0) is 25.0 Å². The molecule has 148 valence electrons. The summed E-state index contributed by atoms with van der Waals surface area (Å²) < 4.78 is 5.57. The third-order valence-corrected chi connectivity index (χ3v) is 4.80. The summed E-state index contributed by atoms with van der Waals surface area (Å²) in [5, 5.41) is 9.00. The molecule has 1 aromatic carbocycles. The van der Waals surface area contributed by atoms with Gasteiger partial charge in [-0.25, -0.2) is 0 Å². The van der Waals surface area contributed by atoms with Crippen molar-refractivity contribution in [3.05, 3.63) is 30.3 Å². The Labute approximate surface area is 159 Å². The molecule has 1 aliphatic rings. The fourth-order valence-electron chi connectivity index (χ4n) is 3.23. The summed E-state index contributed by atoms with van der Waals surface area (Å²) in [6.07, 6.45) is 1.75. The van der Waals surface area contributed by atoms with Gasteiger partial charge in [0.1, 0.15) is 5.75 Å². The van der Waals surface area contributed by atoms with E-state index in [1.165, 1.54) is 4.90 Å². The smallest absolute Gasteiger partial charge is 0.308 e. The van der Waals surface area contributed by atoms with Crippen LogP contribution in [0.25, 0.3) is 0 Å². The Hall–Kier alpha value is -2.57. The monoisotopic (exact) mass is 376 g/mol. The molecule has 0 aromatic heterocycles. The Kier molecular flexibility index (Phi) is 7.64. The number of hydrogen-bond donors (Lipinski definition) is 1. The van der Waals surface area contributed by atoms with Crippen molar-refractivity contribution in [2.24, 2.45) is 11.8 Å². The Morgan fingerprint density at radius 3 is 2.67 bits per heavy atom. The van der Waals surface area contributed by atoms with Crippen LogP contribution in [0.1, 0.15) is 26.2 Å². The van der Waals surface area contributed by atoms with Crippen molar-refractivity contribution in [3.8, 4) is 5.75 Å². The van der Waals surface area contributed by atoms with E-state index in [-0.39, 0.29) is 30.7 Å². The maximum Gasteiger partial charge on any atom is 0.308 e. The van der Waals surface area contributed by atoms with Gasteiger partial charge in [-0.1, -0.05) is 25.1 Å². The first-order chi connectivity index (χ1) is 12.9. The molecule has 0 saturated carbocycles. The number of rotatable bonds is 8. The van der Waals surface area contributed by atoms with Crippen molar-refractivity contribution in [2.45, 2.75) is 26.2 Å². The van der Waals surface area contributed by atoms with Crippen molar-refractivity contribution in [1.29, 1.82) is 0 Å². The Morgan fingerprint density at radius 2 is 2.00 bits per heavy atom. The molecule has 1 fully saturated rings. The zero-order valence-corrected chi connectivity index (χ0v) is 16.0. The summed E-state index contributed by atoms with van der Waals surface area (Å²) in [7, 11) is 1.62. The summed E-state index contributed by atoms with van der Waals surface area (Å²) in [6.45, 7) is 3.07. The number of aliphatic carboxylic acids is 1. The van der Waals surface area contributed by atoms with Gasteiger partial charge in [-0.2, -0.15) is 0 Å². The Bertz CT molecular complexity index is 649. The zero-order valence-electron chi connectivity index (χ0n) is 16.0. The van der Waals surface area contributed by atoms with Gasteiger partial charge in [0.15, 0.2) is 0 Å². The number of hydrogen-bond acceptors (Lipinski definition) is 4. The number of benzene rings is 1. The first kappa shape index (κ1) is 20.7. The van der Waals surface area contributed by atoms with E-state index in [0.29, 0.717) is 19.7 Å². The highest BCUT2D eigenvalue weighted by molar-refractivity contribution is 5.82. The van der Waals surface area contributed by atoms with Crippen molar-refractivity contribution < 1.29 is 24.2 Å². The topological polar surface area (TPSA) is 87.2 Å². The molecule has 1 aromatic rings. The largest absolute Gasteiger partial charge is 0.493 e. The maximum atomic E-state index is 12.6. The minimum atomic E-state index is -0.923. The molecule has 0 aliphatic carbocycles. The lowest BCUT2D eigenvalue weighted by Crippen LogP contribution is -2.47. The highest BCUT2D eigenvalue weighted by atomic mass is 16.5. The SMILES string of the molecule is CC(CN(C)C(=O)C1CCCN(C(=O)CCOc2ccccc2)C1)C(=O)O. The van der Waals surface area contributed by atoms with Gasteiger partial charge in [-0.15, -0.1) is 0 Å². The molecule has 0 radical (unpaired) electrons. The molecule has 0 bridgehead atoms. The van der Waals surface area contributed by atoms with Gasteiger partial charge < -0.3 is 19.6 Å². The van der Waals surface area contributed by atoms with E-state index in [1.807, 2.05) is 30.3 Å². The summed E-state index contributed by atoms with van der Waals surface area (Å²) in [4.78, 5) is 39.2. The number of piperidine rings is 1. The van der Waals surface area contributed by atoms with Gasteiger partial charge in [0.2, 0.25) is 11.8 Å². The number of carboxylic acids is 1. The molecule has 1 aliphatic heterocycles. The van der Waals surface area contributed by atoms with Crippen LogP contribution in [0, 0.1) is 11.8 Å². The standard InChI is InChI=1S/C20H28N2O5/c1-15(20(25)26)13-21(2)19(24)16-7-6-11-22(14-16)18(23)10-12-27-17-8-4-3-5-9-17/h3-5,8-9,15-16H,6-7,10-14H2,1-2H3,(H,25,26). The van der Waals surface area contributed by atoms with Gasteiger partial charge >= 0.3 is 5.97 Å². The van der Waals surface area contributed by atoms with E-state index in [1.54, 1.807) is 18.9 Å². The quantitative estimate of drug-likeness (QED) is 0.748. The zero-order chi connectivity index (χ0) is 19.8. The molecule has 1 heterocycles. The van der Waals surface area contributed by atoms with E-state index >= 15 is 0 Å². The molecule has 2 rings (SSSR count). The first-order valence-corrected chi connectivity index (χ1v) is 9.32. The number of carbonyl (C=O) groups is 3. The molecule has 1 saturated heterocycles. The molecule has 27 heavy (non-hydrogen) atoms. The van der Waals surface area contributed by atoms with Crippen molar-refractivity contribution in [1.82, 2.24) is 9.80 Å². The van der Waals surface area contributed by atoms with Crippen LogP contribution >= 0.6 is 0 Å². The number of nitrogens with zero attached hydrogens (tertiary/aromatic N) is 2. The van der Waals surface area contributed by atoms with E-state index in [0.717, 1.165) is 18.6 Å². The third-order valence-electron chi connectivity index (χ3n) is 4.80. The van der Waals surface area contributed by atoms with Gasteiger partial charge in [0.25, 0.3) is 0 Å². The fourth-order valence-corrected chi connectivity index (χ4v) is 3.23. The average molecular weight is 376 g/mol. The minimum Gasteiger partial charge on any atom is -0.493 e. The molecule has 7 heteroatoms. The van der Waals surface area contributed by atoms with Crippen LogP contribution in [0.15, 0.2) is 30.3 Å². The van der Waals surface area contributed by atoms with Crippen LogP contribution in [0.5, 0.6) is 5.75 Å². The Morgan fingerprint density at radius 1 is 1.30 bits per heavy atom. The van der Waals surface area contributed by atoms with Gasteiger partial charge in [0, 0.05) is 26.7 Å². The van der Waals surface area contributed by atoms with Crippen molar-refractivity contribution in [3.63, 3.8) is 0 Å². The molecule has 2 amide bonds. The van der Waals surface area contributed by atoms with Crippen LogP contribution < -0.4 is 4.74 Å². The molecular weight excluding hydrogens is 348 g/mol. The van der Waals surface area contributed by atoms with Crippen LogP contribution in [0.3, 0.4) is 0 Å². The third kappa shape index (κ3) is 6.27. The number of likely N-dealkylation sites (tertiary alicyclic amines) is 1. The number of carbonyl (C=O) groups excluding carboxylic acids is 2. The minimum absolute atomic E-state index is 0.0232. The Balaban J connectivity index is 1.80. The second-order valence-electron chi connectivity index (χ2n) is 7.05. The maximum absolute atomic E-state index is 12.6. The summed E-state index contributed by atoms with van der Waals surface area (Å²) in [5.41, 5.74) is 0. The van der Waals surface area contributed by atoms with Crippen molar-refractivity contribution in [2.75, 3.05) is 33.3 Å². The second-order valence-corrected chi connectivity index (χ2v) is 7.05. The molecule has 2 unspecified atom stereocenters. The normalized spacial score (nSPS) is 17.9. The predicted molar refractivity (Wildman–Crippen MR) is 100 cm³/mol. The lowest BCUT2D eigenvalue weighted by molar-refractivity contribution is -0.144. The molecule has 1 N–H and O–H groups in total. The van der Waals surface area contributed by atoms with Crippen molar-refractivity contribution >= 4 is 17.8 Å². The first-order valence-electron chi connectivity index (χ1n) is 9.32. The van der Waals surface area contributed by atoms with Crippen LogP contribution in [-0.2, 0) is 14.4 Å².